The number of carbonyl (C=O) groups excluding carboxylic acids is 1. The lowest BCUT2D eigenvalue weighted by Gasteiger charge is -2.10. The van der Waals surface area contributed by atoms with Crippen molar-refractivity contribution in [3.63, 3.8) is 0 Å². The first kappa shape index (κ1) is 17.5. The number of carbonyl (C=O) groups is 1. The van der Waals surface area contributed by atoms with Crippen LogP contribution in [0.5, 0.6) is 0 Å². The number of aromatic nitrogens is 4. The molecule has 0 bridgehead atoms. The number of fused-ring (bicyclic) bond motifs is 1. The molecule has 0 spiro atoms. The van der Waals surface area contributed by atoms with Gasteiger partial charge in [0.2, 0.25) is 5.91 Å². The predicted molar refractivity (Wildman–Crippen MR) is 109 cm³/mol. The maximum absolute atomic E-state index is 12.7. The zero-order chi connectivity index (χ0) is 19.0. The summed E-state index contributed by atoms with van der Waals surface area (Å²) in [5.74, 6) is 0.612. The third-order valence-electron chi connectivity index (χ3n) is 4.31. The zero-order valence-corrected chi connectivity index (χ0v) is 16.6. The molecule has 0 atom stereocenters. The van der Waals surface area contributed by atoms with E-state index in [1.54, 1.807) is 10.9 Å². The Morgan fingerprint density at radius 2 is 1.96 bits per heavy atom. The van der Waals surface area contributed by atoms with Crippen molar-refractivity contribution in [1.82, 2.24) is 19.3 Å². The van der Waals surface area contributed by atoms with Gasteiger partial charge in [-0.2, -0.15) is 5.10 Å². The molecule has 0 saturated carbocycles. The van der Waals surface area contributed by atoms with Crippen LogP contribution in [0.3, 0.4) is 0 Å². The highest BCUT2D eigenvalue weighted by Gasteiger charge is 2.17. The van der Waals surface area contributed by atoms with Crippen LogP contribution in [0, 0.1) is 6.92 Å². The molecule has 27 heavy (non-hydrogen) atoms. The summed E-state index contributed by atoms with van der Waals surface area (Å²) in [5, 5.41) is 7.18. The molecule has 2 aromatic carbocycles. The number of rotatable bonds is 4. The molecular formula is C20H18BrN5O. The fourth-order valence-corrected chi connectivity index (χ4v) is 3.35. The van der Waals surface area contributed by atoms with Gasteiger partial charge in [-0.1, -0.05) is 33.6 Å². The van der Waals surface area contributed by atoms with Gasteiger partial charge in [0.1, 0.15) is 12.4 Å². The molecule has 2 aromatic heterocycles. The summed E-state index contributed by atoms with van der Waals surface area (Å²) in [6.07, 6.45) is 3.65. The van der Waals surface area contributed by atoms with Gasteiger partial charge in [-0.3, -0.25) is 9.48 Å². The second kappa shape index (κ2) is 7.00. The minimum absolute atomic E-state index is 0.105. The number of aryl methyl sites for hydroxylation is 2. The van der Waals surface area contributed by atoms with Crippen LogP contribution in [0.25, 0.3) is 22.4 Å². The van der Waals surface area contributed by atoms with E-state index in [9.17, 15) is 4.79 Å². The fourth-order valence-electron chi connectivity index (χ4n) is 3.00. The summed E-state index contributed by atoms with van der Waals surface area (Å²) in [5.41, 5.74) is 4.52. The minimum atomic E-state index is -0.105. The van der Waals surface area contributed by atoms with E-state index in [2.05, 4.69) is 26.3 Å². The lowest BCUT2D eigenvalue weighted by Crippen LogP contribution is -2.19. The molecule has 1 amide bonds. The lowest BCUT2D eigenvalue weighted by atomic mass is 10.2. The van der Waals surface area contributed by atoms with E-state index in [0.717, 1.165) is 38.1 Å². The van der Waals surface area contributed by atoms with Gasteiger partial charge >= 0.3 is 0 Å². The van der Waals surface area contributed by atoms with Crippen LogP contribution in [0.1, 0.15) is 5.56 Å². The largest absolute Gasteiger partial charge is 0.325 e. The number of halogens is 1. The number of hydrogen-bond acceptors (Lipinski definition) is 3. The Hall–Kier alpha value is -2.93. The SMILES string of the molecule is Cc1ccc(NC(=O)Cn2c(-c3cnn(C)c3)nc3cc(Br)ccc32)cc1. The van der Waals surface area contributed by atoms with Crippen LogP contribution in [0.15, 0.2) is 59.3 Å². The first-order valence-electron chi connectivity index (χ1n) is 8.51. The average molecular weight is 424 g/mol. The molecule has 0 saturated heterocycles. The number of benzene rings is 2. The topological polar surface area (TPSA) is 64.7 Å². The number of anilines is 1. The van der Waals surface area contributed by atoms with Crippen LogP contribution >= 0.6 is 15.9 Å². The highest BCUT2D eigenvalue weighted by Crippen LogP contribution is 2.27. The second-order valence-electron chi connectivity index (χ2n) is 6.47. The van der Waals surface area contributed by atoms with E-state index in [1.807, 2.05) is 67.2 Å². The number of nitrogens with one attached hydrogen (secondary N) is 1. The zero-order valence-electron chi connectivity index (χ0n) is 15.0. The van der Waals surface area contributed by atoms with Gasteiger partial charge < -0.3 is 9.88 Å². The Balaban J connectivity index is 1.70. The molecular weight excluding hydrogens is 406 g/mol. The Bertz CT molecular complexity index is 1130. The van der Waals surface area contributed by atoms with E-state index in [4.69, 9.17) is 4.98 Å². The van der Waals surface area contributed by atoms with Gasteiger partial charge in [-0.25, -0.2) is 4.98 Å². The smallest absolute Gasteiger partial charge is 0.244 e. The third-order valence-corrected chi connectivity index (χ3v) is 4.80. The van der Waals surface area contributed by atoms with Crippen molar-refractivity contribution < 1.29 is 4.79 Å². The van der Waals surface area contributed by atoms with Gasteiger partial charge in [-0.15, -0.1) is 0 Å². The summed E-state index contributed by atoms with van der Waals surface area (Å²) in [7, 11) is 1.86. The van der Waals surface area contributed by atoms with Crippen LogP contribution in [-0.2, 0) is 18.4 Å². The van der Waals surface area contributed by atoms with Crippen LogP contribution in [0.4, 0.5) is 5.69 Å². The average Bonchev–Trinajstić information content (AvgIpc) is 3.20. The van der Waals surface area contributed by atoms with Crippen molar-refractivity contribution in [3.8, 4) is 11.4 Å². The van der Waals surface area contributed by atoms with Crippen molar-refractivity contribution in [2.24, 2.45) is 7.05 Å². The van der Waals surface area contributed by atoms with E-state index >= 15 is 0 Å². The number of amides is 1. The predicted octanol–water partition coefficient (Wildman–Crippen LogP) is 4.15. The van der Waals surface area contributed by atoms with E-state index in [-0.39, 0.29) is 12.5 Å². The fraction of sp³-hybridized carbons (Fsp3) is 0.150. The maximum Gasteiger partial charge on any atom is 0.244 e. The Morgan fingerprint density at radius 3 is 2.67 bits per heavy atom. The highest BCUT2D eigenvalue weighted by atomic mass is 79.9. The van der Waals surface area contributed by atoms with E-state index in [1.165, 1.54) is 0 Å². The first-order chi connectivity index (χ1) is 13.0. The number of hydrogen-bond donors (Lipinski definition) is 1. The monoisotopic (exact) mass is 423 g/mol. The normalized spacial score (nSPS) is 11.1. The quantitative estimate of drug-likeness (QED) is 0.536. The number of imidazole rings is 1. The molecule has 4 rings (SSSR count). The van der Waals surface area contributed by atoms with E-state index < -0.39 is 0 Å². The molecule has 7 heteroatoms. The molecule has 136 valence electrons. The summed E-state index contributed by atoms with van der Waals surface area (Å²) >= 11 is 3.48. The van der Waals surface area contributed by atoms with Gasteiger partial charge in [0.25, 0.3) is 0 Å². The Kier molecular flexibility index (Phi) is 4.53. The Labute approximate surface area is 165 Å². The molecule has 6 nitrogen and oxygen atoms in total. The number of nitrogens with zero attached hydrogens (tertiary/aromatic N) is 4. The molecule has 1 N–H and O–H groups in total. The van der Waals surface area contributed by atoms with Gasteiger partial charge in [-0.05, 0) is 37.3 Å². The van der Waals surface area contributed by atoms with Crippen molar-refractivity contribution in [1.29, 1.82) is 0 Å². The lowest BCUT2D eigenvalue weighted by molar-refractivity contribution is -0.116. The van der Waals surface area contributed by atoms with E-state index in [0.29, 0.717) is 0 Å². The van der Waals surface area contributed by atoms with Gasteiger partial charge in [0, 0.05) is 23.4 Å². The maximum atomic E-state index is 12.7. The van der Waals surface area contributed by atoms with Crippen molar-refractivity contribution >= 4 is 38.6 Å². The van der Waals surface area contributed by atoms with Crippen LogP contribution in [0.2, 0.25) is 0 Å². The molecule has 2 heterocycles. The molecule has 0 unspecified atom stereocenters. The molecule has 4 aromatic rings. The summed E-state index contributed by atoms with van der Waals surface area (Å²) in [6, 6.07) is 13.6. The van der Waals surface area contributed by atoms with Gasteiger partial charge in [0.05, 0.1) is 22.8 Å². The van der Waals surface area contributed by atoms with Crippen molar-refractivity contribution in [3.05, 3.63) is 64.9 Å². The van der Waals surface area contributed by atoms with Crippen LogP contribution < -0.4 is 5.32 Å². The van der Waals surface area contributed by atoms with Crippen molar-refractivity contribution in [2.45, 2.75) is 13.5 Å². The van der Waals surface area contributed by atoms with Gasteiger partial charge in [0.15, 0.2) is 0 Å². The molecule has 0 radical (unpaired) electrons. The summed E-state index contributed by atoms with van der Waals surface area (Å²) in [4.78, 5) is 17.4. The highest BCUT2D eigenvalue weighted by molar-refractivity contribution is 9.10. The first-order valence-corrected chi connectivity index (χ1v) is 9.30. The van der Waals surface area contributed by atoms with Crippen LogP contribution in [-0.4, -0.2) is 25.2 Å². The molecule has 0 aliphatic carbocycles. The van der Waals surface area contributed by atoms with Crippen molar-refractivity contribution in [2.75, 3.05) is 5.32 Å². The third kappa shape index (κ3) is 3.64. The summed E-state index contributed by atoms with van der Waals surface area (Å²) in [6.45, 7) is 2.18. The Morgan fingerprint density at radius 1 is 1.19 bits per heavy atom. The molecule has 0 aliphatic rings. The molecule has 0 fully saturated rings. The summed E-state index contributed by atoms with van der Waals surface area (Å²) < 4.78 is 4.59. The molecule has 0 aliphatic heterocycles. The second-order valence-corrected chi connectivity index (χ2v) is 7.39. The minimum Gasteiger partial charge on any atom is -0.325 e. The standard InChI is InChI=1S/C20H18BrN5O/c1-13-3-6-16(7-4-13)23-19(27)12-26-18-8-5-15(21)9-17(18)24-20(26)14-10-22-25(2)11-14/h3-11H,12H2,1-2H3,(H,23,27).